The average molecular weight is 372 g/mol. The van der Waals surface area contributed by atoms with Crippen LogP contribution in [0.2, 0.25) is 0 Å². The van der Waals surface area contributed by atoms with Crippen LogP contribution in [0, 0.1) is 5.92 Å². The van der Waals surface area contributed by atoms with E-state index < -0.39 is 0 Å². The van der Waals surface area contributed by atoms with Gasteiger partial charge in [0, 0.05) is 43.0 Å². The van der Waals surface area contributed by atoms with Gasteiger partial charge >= 0.3 is 0 Å². The van der Waals surface area contributed by atoms with Crippen molar-refractivity contribution in [3.63, 3.8) is 0 Å². The molecule has 1 aromatic carbocycles. The minimum Gasteiger partial charge on any atom is -0.497 e. The number of carbonyl (C=O) groups is 1. The third-order valence-corrected chi connectivity index (χ3v) is 5.83. The van der Waals surface area contributed by atoms with Crippen molar-refractivity contribution in [3.05, 3.63) is 35.7 Å². The summed E-state index contributed by atoms with van der Waals surface area (Å²) >= 11 is 1.45. The van der Waals surface area contributed by atoms with Gasteiger partial charge in [0.25, 0.3) is 0 Å². The molecule has 26 heavy (non-hydrogen) atoms. The van der Waals surface area contributed by atoms with Gasteiger partial charge in [-0.3, -0.25) is 4.79 Å². The highest BCUT2D eigenvalue weighted by Crippen LogP contribution is 2.27. The van der Waals surface area contributed by atoms with Crippen LogP contribution >= 0.6 is 11.5 Å². The Balaban J connectivity index is 1.32. The normalized spacial score (nSPS) is 18.0. The van der Waals surface area contributed by atoms with Crippen LogP contribution < -0.4 is 15.0 Å². The van der Waals surface area contributed by atoms with Crippen LogP contribution in [0.3, 0.4) is 0 Å². The molecule has 0 radical (unpaired) electrons. The Morgan fingerprint density at radius 1 is 1.31 bits per heavy atom. The lowest BCUT2D eigenvalue weighted by atomic mass is 9.96. The number of nitrogens with one attached hydrogen (secondary N) is 1. The molecule has 0 bridgehead atoms. The molecule has 2 aliphatic rings. The molecule has 0 atom stereocenters. The number of benzene rings is 1. The van der Waals surface area contributed by atoms with Gasteiger partial charge in [-0.15, -0.1) is 0 Å². The summed E-state index contributed by atoms with van der Waals surface area (Å²) < 4.78 is 9.78. The molecule has 1 N–H and O–H groups in total. The Hall–Kier alpha value is -2.15. The molecule has 1 aliphatic carbocycles. The van der Waals surface area contributed by atoms with Crippen LogP contribution in [-0.2, 0) is 11.2 Å². The summed E-state index contributed by atoms with van der Waals surface area (Å²) in [5.74, 6) is 2.08. The Kier molecular flexibility index (Phi) is 5.06. The van der Waals surface area contributed by atoms with E-state index in [1.807, 2.05) is 18.2 Å². The number of nitrogens with zero attached hydrogens (tertiary/aromatic N) is 3. The third-order valence-electron chi connectivity index (χ3n) is 5.01. The van der Waals surface area contributed by atoms with Gasteiger partial charge in [-0.2, -0.15) is 4.37 Å². The lowest BCUT2D eigenvalue weighted by Gasteiger charge is -2.30. The molecule has 0 spiro atoms. The van der Waals surface area contributed by atoms with Gasteiger partial charge in [-0.25, -0.2) is 4.98 Å². The molecule has 138 valence electrons. The van der Waals surface area contributed by atoms with Gasteiger partial charge in [-0.05, 0) is 43.4 Å². The maximum atomic E-state index is 12.2. The zero-order chi connectivity index (χ0) is 17.9. The highest BCUT2D eigenvalue weighted by Gasteiger charge is 2.30. The third kappa shape index (κ3) is 4.15. The first-order valence-corrected chi connectivity index (χ1v) is 9.99. The van der Waals surface area contributed by atoms with Crippen LogP contribution in [0.5, 0.6) is 5.75 Å². The van der Waals surface area contributed by atoms with Gasteiger partial charge < -0.3 is 15.0 Å². The summed E-state index contributed by atoms with van der Waals surface area (Å²) in [7, 11) is 1.67. The second kappa shape index (κ2) is 7.61. The summed E-state index contributed by atoms with van der Waals surface area (Å²) in [4.78, 5) is 19.1. The molecule has 2 aromatic rings. The van der Waals surface area contributed by atoms with Crippen molar-refractivity contribution in [2.45, 2.75) is 38.1 Å². The van der Waals surface area contributed by atoms with Crippen LogP contribution in [0.4, 0.5) is 5.13 Å². The molecular formula is C19H24N4O2S. The van der Waals surface area contributed by atoms with E-state index in [2.05, 4.69) is 20.7 Å². The summed E-state index contributed by atoms with van der Waals surface area (Å²) in [5, 5.41) is 4.09. The second-order valence-corrected chi connectivity index (χ2v) is 7.80. The number of aromatic nitrogens is 2. The smallest absolute Gasteiger partial charge is 0.223 e. The molecule has 4 rings (SSSR count). The Bertz CT molecular complexity index is 766. The standard InChI is InChI=1S/C19H24N4O2S/c1-25-16-4-2-3-13(11-16)12-17-21-19(26-22-17)23-9-7-14(8-10-23)18(24)20-15-5-6-15/h2-4,11,14-15H,5-10,12H2,1H3,(H,20,24). The van der Waals surface area contributed by atoms with Crippen molar-refractivity contribution in [1.82, 2.24) is 14.7 Å². The highest BCUT2D eigenvalue weighted by molar-refractivity contribution is 7.09. The van der Waals surface area contributed by atoms with Gasteiger partial charge in [0.2, 0.25) is 11.0 Å². The number of rotatable bonds is 6. The summed E-state index contributed by atoms with van der Waals surface area (Å²) in [6.45, 7) is 1.74. The minimum absolute atomic E-state index is 0.149. The lowest BCUT2D eigenvalue weighted by Crippen LogP contribution is -2.41. The van der Waals surface area contributed by atoms with Crippen molar-refractivity contribution in [2.75, 3.05) is 25.1 Å². The number of hydrogen-bond acceptors (Lipinski definition) is 6. The quantitative estimate of drug-likeness (QED) is 0.844. The van der Waals surface area contributed by atoms with Gasteiger partial charge in [-0.1, -0.05) is 12.1 Å². The fourth-order valence-corrected chi connectivity index (χ4v) is 4.03. The summed E-state index contributed by atoms with van der Waals surface area (Å²) in [6.07, 6.45) is 4.78. The predicted octanol–water partition coefficient (Wildman–Crippen LogP) is 2.63. The van der Waals surface area contributed by atoms with Crippen molar-refractivity contribution >= 4 is 22.6 Å². The number of anilines is 1. The number of amides is 1. The molecule has 7 heteroatoms. The molecule has 2 heterocycles. The topological polar surface area (TPSA) is 67.3 Å². The predicted molar refractivity (Wildman–Crippen MR) is 102 cm³/mol. The number of piperidine rings is 1. The fraction of sp³-hybridized carbons (Fsp3) is 0.526. The molecular weight excluding hydrogens is 348 g/mol. The molecule has 0 unspecified atom stereocenters. The van der Waals surface area contributed by atoms with E-state index in [1.165, 1.54) is 11.5 Å². The number of methoxy groups -OCH3 is 1. The molecule has 6 nitrogen and oxygen atoms in total. The second-order valence-electron chi connectivity index (χ2n) is 7.07. The largest absolute Gasteiger partial charge is 0.497 e. The monoisotopic (exact) mass is 372 g/mol. The van der Waals surface area contributed by atoms with E-state index >= 15 is 0 Å². The minimum atomic E-state index is 0.149. The first-order chi connectivity index (χ1) is 12.7. The Morgan fingerprint density at radius 2 is 2.12 bits per heavy atom. The number of ether oxygens (including phenoxy) is 1. The van der Waals surface area contributed by atoms with E-state index in [4.69, 9.17) is 9.72 Å². The Morgan fingerprint density at radius 3 is 2.85 bits per heavy atom. The SMILES string of the molecule is COc1cccc(Cc2nsc(N3CCC(C(=O)NC4CC4)CC3)n2)c1. The van der Waals surface area contributed by atoms with E-state index in [0.29, 0.717) is 12.5 Å². The maximum absolute atomic E-state index is 12.2. The molecule has 1 saturated heterocycles. The van der Waals surface area contributed by atoms with Crippen LogP contribution in [0.25, 0.3) is 0 Å². The molecule has 1 aromatic heterocycles. The van der Waals surface area contributed by atoms with Crippen molar-refractivity contribution in [1.29, 1.82) is 0 Å². The number of hydrogen-bond donors (Lipinski definition) is 1. The van der Waals surface area contributed by atoms with Gasteiger partial charge in [0.1, 0.15) is 11.6 Å². The van der Waals surface area contributed by atoms with Crippen LogP contribution in [0.15, 0.2) is 24.3 Å². The van der Waals surface area contributed by atoms with E-state index in [1.54, 1.807) is 7.11 Å². The molecule has 1 aliphatic heterocycles. The van der Waals surface area contributed by atoms with Crippen LogP contribution in [-0.4, -0.2) is 41.5 Å². The average Bonchev–Trinajstić information content (AvgIpc) is 3.37. The number of carbonyl (C=O) groups excluding carboxylic acids is 1. The zero-order valence-corrected chi connectivity index (χ0v) is 15.8. The zero-order valence-electron chi connectivity index (χ0n) is 15.0. The molecule has 2 fully saturated rings. The molecule has 1 saturated carbocycles. The first-order valence-electron chi connectivity index (χ1n) is 9.22. The van der Waals surface area contributed by atoms with Crippen molar-refractivity contribution < 1.29 is 9.53 Å². The van der Waals surface area contributed by atoms with Crippen molar-refractivity contribution in [2.24, 2.45) is 5.92 Å². The van der Waals surface area contributed by atoms with Crippen molar-refractivity contribution in [3.8, 4) is 5.75 Å². The summed E-state index contributed by atoms with van der Waals surface area (Å²) in [5.41, 5.74) is 1.14. The highest BCUT2D eigenvalue weighted by atomic mass is 32.1. The van der Waals surface area contributed by atoms with E-state index in [-0.39, 0.29) is 11.8 Å². The lowest BCUT2D eigenvalue weighted by molar-refractivity contribution is -0.125. The summed E-state index contributed by atoms with van der Waals surface area (Å²) in [6, 6.07) is 8.45. The van der Waals surface area contributed by atoms with E-state index in [0.717, 1.165) is 61.0 Å². The van der Waals surface area contributed by atoms with Gasteiger partial charge in [0.05, 0.1) is 7.11 Å². The first kappa shape index (κ1) is 17.3. The molecule has 1 amide bonds. The maximum Gasteiger partial charge on any atom is 0.223 e. The van der Waals surface area contributed by atoms with E-state index in [9.17, 15) is 4.79 Å². The van der Waals surface area contributed by atoms with Gasteiger partial charge in [0.15, 0.2) is 0 Å². The fourth-order valence-electron chi connectivity index (χ4n) is 3.29. The Labute approximate surface area is 157 Å². The van der Waals surface area contributed by atoms with Crippen LogP contribution in [0.1, 0.15) is 37.1 Å².